The lowest BCUT2D eigenvalue weighted by atomic mass is 9.67. The van der Waals surface area contributed by atoms with E-state index in [4.69, 9.17) is 16.3 Å². The van der Waals surface area contributed by atoms with E-state index in [1.165, 1.54) is 33.4 Å². The molecule has 1 aliphatic carbocycles. The fraction of sp³-hybridized carbons (Fsp3) is 0.0172. The highest BCUT2D eigenvalue weighted by Crippen LogP contribution is 2.57. The molecule has 9 aromatic carbocycles. The van der Waals surface area contributed by atoms with E-state index in [-0.39, 0.29) is 0 Å². The van der Waals surface area contributed by atoms with Crippen LogP contribution in [0, 0.1) is 0 Å². The molecule has 2 aromatic heterocycles. The molecule has 62 heavy (non-hydrogen) atoms. The van der Waals surface area contributed by atoms with Crippen molar-refractivity contribution in [3.63, 3.8) is 0 Å². The molecular formula is C58H37N3S. The standard InChI is InChI=1S/C58H37N3S/c1-4-19-38(20-5-1)42-25-10-12-29-48(42)55-59-56(61-57(60-55)50-32-18-31-47-46-28-15-17-34-53(46)62-54(47)50)49-30-13-11-26-43(49)39-35-36-45-44-27-14-16-33-51(44)58(52(45)37-39,40-21-6-2-7-22-40)41-23-8-3-9-24-41/h1-37H/i34D. The van der Waals surface area contributed by atoms with E-state index in [1.807, 2.05) is 18.2 Å². The molecular weight excluding hydrogens is 771 g/mol. The quantitative estimate of drug-likeness (QED) is 0.161. The van der Waals surface area contributed by atoms with Crippen LogP contribution in [0.5, 0.6) is 0 Å². The fourth-order valence-electron chi connectivity index (χ4n) is 9.68. The number of benzene rings is 9. The maximum absolute atomic E-state index is 8.75. The lowest BCUT2D eigenvalue weighted by Crippen LogP contribution is -2.28. The van der Waals surface area contributed by atoms with Gasteiger partial charge in [-0.05, 0) is 73.8 Å². The Hall–Kier alpha value is -7.79. The van der Waals surface area contributed by atoms with E-state index in [0.717, 1.165) is 59.1 Å². The average molecular weight is 809 g/mol. The van der Waals surface area contributed by atoms with E-state index in [9.17, 15) is 0 Å². The van der Waals surface area contributed by atoms with Gasteiger partial charge in [0.2, 0.25) is 0 Å². The summed E-state index contributed by atoms with van der Waals surface area (Å²) in [4.78, 5) is 16.1. The second-order valence-corrected chi connectivity index (χ2v) is 16.8. The summed E-state index contributed by atoms with van der Waals surface area (Å²) in [6.45, 7) is 0. The third-order valence-electron chi connectivity index (χ3n) is 12.4. The Bertz CT molecular complexity index is 3490. The largest absolute Gasteiger partial charge is 0.208 e. The molecule has 0 unspecified atom stereocenters. The Balaban J connectivity index is 1.10. The lowest BCUT2D eigenvalue weighted by molar-refractivity contribution is 0.769. The van der Waals surface area contributed by atoms with Crippen LogP contribution in [0.3, 0.4) is 0 Å². The summed E-state index contributed by atoms with van der Waals surface area (Å²) in [7, 11) is 0. The topological polar surface area (TPSA) is 38.7 Å². The zero-order chi connectivity index (χ0) is 41.9. The van der Waals surface area contributed by atoms with Gasteiger partial charge >= 0.3 is 0 Å². The average Bonchev–Trinajstić information content (AvgIpc) is 3.89. The Morgan fingerprint density at radius 1 is 0.355 bits per heavy atom. The number of fused-ring (bicyclic) bond motifs is 6. The Labute approximate surface area is 365 Å². The van der Waals surface area contributed by atoms with Gasteiger partial charge in [0.1, 0.15) is 0 Å². The van der Waals surface area contributed by atoms with Crippen LogP contribution in [0.1, 0.15) is 23.6 Å². The van der Waals surface area contributed by atoms with Gasteiger partial charge in [0, 0.05) is 36.9 Å². The first kappa shape index (κ1) is 35.0. The summed E-state index contributed by atoms with van der Waals surface area (Å²) < 4.78 is 10.8. The summed E-state index contributed by atoms with van der Waals surface area (Å²) >= 11 is 1.63. The number of hydrogen-bond donors (Lipinski definition) is 0. The molecule has 3 nitrogen and oxygen atoms in total. The van der Waals surface area contributed by atoms with Crippen LogP contribution in [0.15, 0.2) is 224 Å². The second kappa shape index (κ2) is 14.7. The molecule has 0 N–H and O–H groups in total. The molecule has 0 saturated heterocycles. The molecule has 0 amide bonds. The van der Waals surface area contributed by atoms with Gasteiger partial charge in [-0.1, -0.05) is 206 Å². The van der Waals surface area contributed by atoms with Gasteiger partial charge in [0.25, 0.3) is 0 Å². The van der Waals surface area contributed by atoms with Crippen molar-refractivity contribution < 1.29 is 1.37 Å². The number of nitrogens with zero attached hydrogens (tertiary/aromatic N) is 3. The summed E-state index contributed by atoms with van der Waals surface area (Å²) in [5.41, 5.74) is 13.9. The monoisotopic (exact) mass is 808 g/mol. The lowest BCUT2D eigenvalue weighted by Gasteiger charge is -2.34. The van der Waals surface area contributed by atoms with E-state index in [0.29, 0.717) is 23.5 Å². The summed E-state index contributed by atoms with van der Waals surface area (Å²) in [5, 5.41) is 2.16. The van der Waals surface area contributed by atoms with Crippen LogP contribution in [-0.2, 0) is 5.41 Å². The van der Waals surface area contributed by atoms with Gasteiger partial charge in [-0.15, -0.1) is 11.3 Å². The van der Waals surface area contributed by atoms with E-state index < -0.39 is 5.41 Å². The third kappa shape index (κ3) is 5.68. The van der Waals surface area contributed by atoms with Crippen molar-refractivity contribution in [2.24, 2.45) is 0 Å². The van der Waals surface area contributed by atoms with Gasteiger partial charge in [0.15, 0.2) is 17.5 Å². The van der Waals surface area contributed by atoms with Crippen LogP contribution >= 0.6 is 11.3 Å². The van der Waals surface area contributed by atoms with Crippen LogP contribution in [0.25, 0.3) is 87.7 Å². The molecule has 2 heterocycles. The van der Waals surface area contributed by atoms with Crippen molar-refractivity contribution in [1.29, 1.82) is 0 Å². The molecule has 0 bridgehead atoms. The van der Waals surface area contributed by atoms with E-state index in [1.54, 1.807) is 11.3 Å². The van der Waals surface area contributed by atoms with Gasteiger partial charge in [-0.2, -0.15) is 0 Å². The first-order chi connectivity index (χ1) is 31.2. The fourth-order valence-corrected chi connectivity index (χ4v) is 10.9. The number of thiophene rings is 1. The highest BCUT2D eigenvalue weighted by atomic mass is 32.1. The summed E-state index contributed by atoms with van der Waals surface area (Å²) in [6.07, 6.45) is 0. The molecule has 11 aromatic rings. The van der Waals surface area contributed by atoms with Crippen LogP contribution in [0.2, 0.25) is 0 Å². The minimum Gasteiger partial charge on any atom is -0.208 e. The van der Waals surface area contributed by atoms with E-state index >= 15 is 0 Å². The van der Waals surface area contributed by atoms with Crippen molar-refractivity contribution in [1.82, 2.24) is 15.0 Å². The highest BCUT2D eigenvalue weighted by Gasteiger charge is 2.46. The predicted molar refractivity (Wildman–Crippen MR) is 257 cm³/mol. The van der Waals surface area contributed by atoms with Crippen LogP contribution < -0.4 is 0 Å². The maximum atomic E-state index is 8.75. The van der Waals surface area contributed by atoms with Crippen molar-refractivity contribution in [2.45, 2.75) is 5.41 Å². The van der Waals surface area contributed by atoms with Crippen molar-refractivity contribution in [3.8, 4) is 67.5 Å². The first-order valence-electron chi connectivity index (χ1n) is 21.4. The van der Waals surface area contributed by atoms with Gasteiger partial charge in [-0.25, -0.2) is 15.0 Å². The number of aromatic nitrogens is 3. The molecule has 0 spiro atoms. The van der Waals surface area contributed by atoms with Crippen molar-refractivity contribution in [2.75, 3.05) is 0 Å². The molecule has 0 radical (unpaired) electrons. The first-order valence-corrected chi connectivity index (χ1v) is 21.8. The third-order valence-corrected chi connectivity index (χ3v) is 13.6. The molecule has 1 aliphatic rings. The Morgan fingerprint density at radius 3 is 1.50 bits per heavy atom. The number of rotatable bonds is 7. The molecule has 12 rings (SSSR count). The Kier molecular flexibility index (Phi) is 8.32. The van der Waals surface area contributed by atoms with Crippen molar-refractivity contribution in [3.05, 3.63) is 247 Å². The van der Waals surface area contributed by atoms with Gasteiger partial charge in [-0.3, -0.25) is 0 Å². The highest BCUT2D eigenvalue weighted by molar-refractivity contribution is 7.26. The summed E-state index contributed by atoms with van der Waals surface area (Å²) in [6, 6.07) is 77.7. The predicted octanol–water partition coefficient (Wildman–Crippen LogP) is 14.9. The molecule has 0 fully saturated rings. The molecule has 290 valence electrons. The minimum atomic E-state index is -0.532. The van der Waals surface area contributed by atoms with Gasteiger partial charge in [0.05, 0.1) is 6.79 Å². The minimum absolute atomic E-state index is 0.517. The normalized spacial score (nSPS) is 12.9. The molecule has 4 heteroatoms. The van der Waals surface area contributed by atoms with Crippen LogP contribution in [-0.4, -0.2) is 15.0 Å². The van der Waals surface area contributed by atoms with E-state index in [2.05, 4.69) is 200 Å². The molecule has 0 atom stereocenters. The second-order valence-electron chi connectivity index (χ2n) is 15.7. The van der Waals surface area contributed by atoms with Crippen molar-refractivity contribution >= 4 is 31.5 Å². The zero-order valence-corrected chi connectivity index (χ0v) is 34.4. The van der Waals surface area contributed by atoms with Crippen LogP contribution in [0.4, 0.5) is 0 Å². The molecule has 0 saturated carbocycles. The smallest absolute Gasteiger partial charge is 0.165 e. The molecule has 0 aliphatic heterocycles. The zero-order valence-electron chi connectivity index (χ0n) is 34.5. The maximum Gasteiger partial charge on any atom is 0.165 e. The summed E-state index contributed by atoms with van der Waals surface area (Å²) in [5.74, 6) is 1.78. The SMILES string of the molecule is [2H]c1cccc2c1sc1c(-c3nc(-c4ccccc4-c4ccccc4)nc(-c4ccccc4-c4ccc5c(c4)C(c4ccccc4)(c4ccccc4)c4ccccc4-5)n3)cccc12. The Morgan fingerprint density at radius 2 is 0.839 bits per heavy atom. The van der Waals surface area contributed by atoms with Gasteiger partial charge < -0.3 is 0 Å². The number of hydrogen-bond acceptors (Lipinski definition) is 4.